The molecule has 0 radical (unpaired) electrons. The van der Waals surface area contributed by atoms with Gasteiger partial charge in [0.1, 0.15) is 0 Å². The number of nitrogens with zero attached hydrogens (tertiary/aromatic N) is 2. The Hall–Kier alpha value is -6.58. The van der Waals surface area contributed by atoms with E-state index < -0.39 is 0 Å². The highest BCUT2D eigenvalue weighted by atomic mass is 15.2. The largest absolute Gasteiger partial charge is 0.311 e. The fourth-order valence-electron chi connectivity index (χ4n) is 11.1. The van der Waals surface area contributed by atoms with Gasteiger partial charge in [0.15, 0.2) is 0 Å². The van der Waals surface area contributed by atoms with Crippen molar-refractivity contribution in [2.45, 2.75) is 97.8 Å². The Kier molecular flexibility index (Phi) is 9.38. The van der Waals surface area contributed by atoms with Gasteiger partial charge >= 0.3 is 0 Å². The van der Waals surface area contributed by atoms with E-state index in [0.717, 1.165) is 5.69 Å². The van der Waals surface area contributed by atoms with Crippen LogP contribution < -0.4 is 26.2 Å². The van der Waals surface area contributed by atoms with Gasteiger partial charge in [-0.3, -0.25) is 0 Å². The number of hydrogen-bond acceptors (Lipinski definition) is 2. The third-order valence-electron chi connectivity index (χ3n) is 14.9. The van der Waals surface area contributed by atoms with Crippen LogP contribution in [-0.4, -0.2) is 6.71 Å². The van der Waals surface area contributed by atoms with Gasteiger partial charge in [0.2, 0.25) is 0 Å². The Bertz CT molecular complexity index is 3210. The first-order chi connectivity index (χ1) is 31.4. The van der Waals surface area contributed by atoms with E-state index in [1.807, 2.05) is 0 Å². The van der Waals surface area contributed by atoms with E-state index in [0.29, 0.717) is 0 Å². The van der Waals surface area contributed by atoms with E-state index in [2.05, 4.69) is 256 Å². The number of fused-ring (bicyclic) bond motifs is 7. The van der Waals surface area contributed by atoms with Gasteiger partial charge in [0.25, 0.3) is 6.71 Å². The highest BCUT2D eigenvalue weighted by Crippen LogP contribution is 2.53. The Balaban J connectivity index is 1.16. The molecule has 2 aliphatic heterocycles. The molecule has 0 fully saturated rings. The number of benzene rings is 8. The minimum absolute atomic E-state index is 0.0194. The summed E-state index contributed by atoms with van der Waals surface area (Å²) in [6.07, 6.45) is 0. The maximum absolute atomic E-state index is 2.60. The molecule has 0 aromatic heterocycles. The quantitative estimate of drug-likeness (QED) is 0.163. The lowest BCUT2D eigenvalue weighted by atomic mass is 9.33. The van der Waals surface area contributed by atoms with Gasteiger partial charge in [-0.05, 0) is 142 Å². The first-order valence-corrected chi connectivity index (χ1v) is 24.0. The van der Waals surface area contributed by atoms with Gasteiger partial charge in [0, 0.05) is 39.5 Å². The van der Waals surface area contributed by atoms with Crippen LogP contribution in [0.4, 0.5) is 34.1 Å². The van der Waals surface area contributed by atoms with Gasteiger partial charge in [-0.25, -0.2) is 0 Å². The van der Waals surface area contributed by atoms with E-state index in [1.54, 1.807) is 0 Å². The lowest BCUT2D eigenvalue weighted by Crippen LogP contribution is -2.61. The molecular weight excluding hydrogens is 796 g/mol. The summed E-state index contributed by atoms with van der Waals surface area (Å²) in [5.41, 5.74) is 25.6. The van der Waals surface area contributed by atoms with Crippen LogP contribution in [0.1, 0.15) is 104 Å². The predicted octanol–water partition coefficient (Wildman–Crippen LogP) is 15.3. The van der Waals surface area contributed by atoms with Crippen LogP contribution in [-0.2, 0) is 21.7 Å². The lowest BCUT2D eigenvalue weighted by Gasteiger charge is -2.45. The molecule has 66 heavy (non-hydrogen) atoms. The van der Waals surface area contributed by atoms with E-state index in [4.69, 9.17) is 0 Å². The number of anilines is 6. The fourth-order valence-corrected chi connectivity index (χ4v) is 11.1. The molecule has 0 saturated carbocycles. The molecule has 0 atom stereocenters. The predicted molar refractivity (Wildman–Crippen MR) is 285 cm³/mol. The standard InChI is InChI=1S/C63H61BN2/c1-60(2,3)43-29-35-54-53(36-43)64-52-34-28-44(61(4,5)6)37-55(52)66(47-32-26-42(27-33-47)48-21-17-23-51-58(48)49-20-15-16-22-50(49)63(51,10)11)57-39-45(62(7,8)9)38-56(59(57)64)65(54)46-30-24-41(25-31-46)40-18-13-12-14-19-40/h12-39H,1-11H3. The zero-order valence-electron chi connectivity index (χ0n) is 40.6. The van der Waals surface area contributed by atoms with Crippen LogP contribution >= 0.6 is 0 Å². The van der Waals surface area contributed by atoms with Gasteiger partial charge in [-0.2, -0.15) is 0 Å². The van der Waals surface area contributed by atoms with Crippen molar-refractivity contribution >= 4 is 57.2 Å². The summed E-state index contributed by atoms with van der Waals surface area (Å²) < 4.78 is 0. The van der Waals surface area contributed by atoms with Crippen LogP contribution in [0.2, 0.25) is 0 Å². The normalized spacial score (nSPS) is 14.6. The maximum atomic E-state index is 2.60. The monoisotopic (exact) mass is 856 g/mol. The second-order valence-corrected chi connectivity index (χ2v) is 22.7. The van der Waals surface area contributed by atoms with Crippen molar-refractivity contribution in [2.75, 3.05) is 9.80 Å². The summed E-state index contributed by atoms with van der Waals surface area (Å²) in [6.45, 7) is 25.9. The van der Waals surface area contributed by atoms with Crippen LogP contribution in [0.15, 0.2) is 170 Å². The van der Waals surface area contributed by atoms with Crippen molar-refractivity contribution in [1.82, 2.24) is 0 Å². The molecule has 3 aliphatic rings. The molecule has 0 saturated heterocycles. The minimum atomic E-state index is -0.110. The Morgan fingerprint density at radius 2 is 0.879 bits per heavy atom. The maximum Gasteiger partial charge on any atom is 0.252 e. The number of hydrogen-bond donors (Lipinski definition) is 0. The van der Waals surface area contributed by atoms with E-state index in [1.165, 1.54) is 106 Å². The third-order valence-corrected chi connectivity index (χ3v) is 14.9. The molecule has 0 spiro atoms. The van der Waals surface area contributed by atoms with Crippen LogP contribution in [0.25, 0.3) is 33.4 Å². The average Bonchev–Trinajstić information content (AvgIpc) is 3.54. The summed E-state index contributed by atoms with van der Waals surface area (Å²) in [6, 6.07) is 65.0. The third kappa shape index (κ3) is 6.60. The highest BCUT2D eigenvalue weighted by molar-refractivity contribution is 7.00. The molecule has 8 aromatic carbocycles. The lowest BCUT2D eigenvalue weighted by molar-refractivity contribution is 0.589. The average molecular weight is 857 g/mol. The van der Waals surface area contributed by atoms with E-state index >= 15 is 0 Å². The van der Waals surface area contributed by atoms with Crippen LogP contribution in [0, 0.1) is 0 Å². The molecule has 11 rings (SSSR count). The second kappa shape index (κ2) is 14.7. The first-order valence-electron chi connectivity index (χ1n) is 24.0. The van der Waals surface area contributed by atoms with Crippen LogP contribution in [0.5, 0.6) is 0 Å². The SMILES string of the molecule is CC(C)(C)c1ccc2c(c1)B1c3ccc(C(C)(C)C)cc3N(c3ccc(-c4cccc5c4-c4ccccc4C5(C)C)cc3)c3cc(C(C)(C)C)cc(c31)N2c1ccc(-c2ccccc2)cc1. The molecule has 0 bridgehead atoms. The summed E-state index contributed by atoms with van der Waals surface area (Å²) in [5.74, 6) is 0. The first kappa shape index (κ1) is 42.1. The molecule has 0 unspecified atom stereocenters. The zero-order valence-corrected chi connectivity index (χ0v) is 40.6. The van der Waals surface area contributed by atoms with Crippen molar-refractivity contribution in [3.8, 4) is 33.4 Å². The molecule has 326 valence electrons. The minimum Gasteiger partial charge on any atom is -0.311 e. The van der Waals surface area contributed by atoms with Gasteiger partial charge in [-0.1, -0.05) is 197 Å². The Morgan fingerprint density at radius 3 is 1.52 bits per heavy atom. The van der Waals surface area contributed by atoms with Crippen molar-refractivity contribution < 1.29 is 0 Å². The van der Waals surface area contributed by atoms with E-state index in [9.17, 15) is 0 Å². The van der Waals surface area contributed by atoms with E-state index in [-0.39, 0.29) is 28.4 Å². The molecular formula is C63H61BN2. The molecule has 8 aromatic rings. The summed E-state index contributed by atoms with van der Waals surface area (Å²) in [5, 5.41) is 0. The van der Waals surface area contributed by atoms with Crippen LogP contribution in [0.3, 0.4) is 0 Å². The second-order valence-electron chi connectivity index (χ2n) is 22.7. The van der Waals surface area contributed by atoms with Gasteiger partial charge in [0.05, 0.1) is 0 Å². The molecule has 0 amide bonds. The smallest absolute Gasteiger partial charge is 0.252 e. The van der Waals surface area contributed by atoms with Gasteiger partial charge in [-0.15, -0.1) is 0 Å². The molecule has 2 heterocycles. The highest BCUT2D eigenvalue weighted by Gasteiger charge is 2.45. The van der Waals surface area contributed by atoms with Crippen molar-refractivity contribution in [3.05, 3.63) is 198 Å². The van der Waals surface area contributed by atoms with Crippen molar-refractivity contribution in [3.63, 3.8) is 0 Å². The molecule has 2 nitrogen and oxygen atoms in total. The molecule has 1 aliphatic carbocycles. The Morgan fingerprint density at radius 1 is 0.379 bits per heavy atom. The topological polar surface area (TPSA) is 6.48 Å². The summed E-state index contributed by atoms with van der Waals surface area (Å²) in [4.78, 5) is 5.16. The molecule has 0 N–H and O–H groups in total. The summed E-state index contributed by atoms with van der Waals surface area (Å²) >= 11 is 0. The summed E-state index contributed by atoms with van der Waals surface area (Å²) in [7, 11) is 0. The van der Waals surface area contributed by atoms with Crippen molar-refractivity contribution in [1.29, 1.82) is 0 Å². The van der Waals surface area contributed by atoms with Crippen molar-refractivity contribution in [2.24, 2.45) is 0 Å². The van der Waals surface area contributed by atoms with Gasteiger partial charge < -0.3 is 9.80 Å². The molecule has 3 heteroatoms. The zero-order chi connectivity index (χ0) is 46.1. The Labute approximate surface area is 394 Å². The fraction of sp³-hybridized carbons (Fsp3) is 0.238. The number of rotatable bonds is 4.